The van der Waals surface area contributed by atoms with Crippen LogP contribution in [-0.2, 0) is 9.53 Å². The van der Waals surface area contributed by atoms with E-state index >= 15 is 0 Å². The lowest BCUT2D eigenvalue weighted by molar-refractivity contribution is -0.118. The minimum Gasteiger partial charge on any atom is -0.443 e. The highest BCUT2D eigenvalue weighted by molar-refractivity contribution is 5.90. The SMILES string of the molecule is NC[C@H]1CN(c2cc(F)c(N3CNC(=O)C3)c(F)c2)C(=O)O1. The number of amides is 2. The molecule has 2 aliphatic heterocycles. The van der Waals surface area contributed by atoms with Crippen LogP contribution in [0.1, 0.15) is 0 Å². The molecule has 22 heavy (non-hydrogen) atoms. The van der Waals surface area contributed by atoms with Gasteiger partial charge in [0.1, 0.15) is 11.8 Å². The largest absolute Gasteiger partial charge is 0.443 e. The first-order chi connectivity index (χ1) is 10.5. The van der Waals surface area contributed by atoms with Gasteiger partial charge in [0.15, 0.2) is 11.6 Å². The summed E-state index contributed by atoms with van der Waals surface area (Å²) in [6, 6.07) is 2.09. The fourth-order valence-corrected chi connectivity index (χ4v) is 2.49. The van der Waals surface area contributed by atoms with Gasteiger partial charge in [0, 0.05) is 18.7 Å². The average Bonchev–Trinajstić information content (AvgIpc) is 3.04. The quantitative estimate of drug-likeness (QED) is 0.829. The number of hydrogen-bond donors (Lipinski definition) is 2. The molecule has 2 aliphatic rings. The number of nitrogens with one attached hydrogen (secondary N) is 1. The third-order valence-corrected chi connectivity index (χ3v) is 3.57. The van der Waals surface area contributed by atoms with Crippen LogP contribution in [0.15, 0.2) is 12.1 Å². The molecule has 9 heteroatoms. The van der Waals surface area contributed by atoms with Gasteiger partial charge in [0.25, 0.3) is 0 Å². The first-order valence-electron chi connectivity index (χ1n) is 6.68. The van der Waals surface area contributed by atoms with Crippen LogP contribution in [0.5, 0.6) is 0 Å². The number of benzene rings is 1. The Bertz CT molecular complexity index is 617. The van der Waals surface area contributed by atoms with Gasteiger partial charge >= 0.3 is 6.09 Å². The van der Waals surface area contributed by atoms with Crippen molar-refractivity contribution in [3.8, 4) is 0 Å². The highest BCUT2D eigenvalue weighted by Crippen LogP contribution is 2.31. The van der Waals surface area contributed by atoms with Crippen molar-refractivity contribution < 1.29 is 23.1 Å². The summed E-state index contributed by atoms with van der Waals surface area (Å²) >= 11 is 0. The Morgan fingerprint density at radius 1 is 1.32 bits per heavy atom. The number of nitrogens with two attached hydrogens (primary N) is 1. The second-order valence-corrected chi connectivity index (χ2v) is 5.07. The monoisotopic (exact) mass is 312 g/mol. The fraction of sp³-hybridized carbons (Fsp3) is 0.385. The second-order valence-electron chi connectivity index (χ2n) is 5.07. The van der Waals surface area contributed by atoms with Crippen LogP contribution in [0.2, 0.25) is 0 Å². The maximum Gasteiger partial charge on any atom is 0.414 e. The predicted octanol–water partition coefficient (Wildman–Crippen LogP) is 0.142. The van der Waals surface area contributed by atoms with Crippen molar-refractivity contribution in [3.05, 3.63) is 23.8 Å². The molecule has 7 nitrogen and oxygen atoms in total. The van der Waals surface area contributed by atoms with Gasteiger partial charge in [-0.25, -0.2) is 13.6 Å². The van der Waals surface area contributed by atoms with E-state index in [9.17, 15) is 18.4 Å². The van der Waals surface area contributed by atoms with E-state index in [-0.39, 0.29) is 43.6 Å². The summed E-state index contributed by atoms with van der Waals surface area (Å²) in [6.07, 6.45) is -1.20. The molecule has 0 bridgehead atoms. The van der Waals surface area contributed by atoms with Gasteiger partial charge in [0.2, 0.25) is 5.91 Å². The van der Waals surface area contributed by atoms with Crippen LogP contribution >= 0.6 is 0 Å². The summed E-state index contributed by atoms with van der Waals surface area (Å²) < 4.78 is 33.4. The number of ether oxygens (including phenoxy) is 1. The Hall–Kier alpha value is -2.42. The van der Waals surface area contributed by atoms with Crippen LogP contribution < -0.4 is 20.9 Å². The molecule has 1 aromatic rings. The molecule has 0 spiro atoms. The average molecular weight is 312 g/mol. The van der Waals surface area contributed by atoms with Crippen LogP contribution in [0.4, 0.5) is 25.0 Å². The first kappa shape index (κ1) is 14.5. The summed E-state index contributed by atoms with van der Waals surface area (Å²) in [5, 5.41) is 2.47. The molecule has 118 valence electrons. The van der Waals surface area contributed by atoms with Crippen LogP contribution in [0.3, 0.4) is 0 Å². The number of hydrogen-bond acceptors (Lipinski definition) is 5. The minimum absolute atomic E-state index is 0.0347. The third kappa shape index (κ3) is 2.43. The maximum atomic E-state index is 14.2. The summed E-state index contributed by atoms with van der Waals surface area (Å²) in [7, 11) is 0. The molecule has 0 aromatic heterocycles. The van der Waals surface area contributed by atoms with E-state index in [0.717, 1.165) is 17.0 Å². The van der Waals surface area contributed by atoms with E-state index in [2.05, 4.69) is 5.32 Å². The highest BCUT2D eigenvalue weighted by Gasteiger charge is 2.33. The van der Waals surface area contributed by atoms with Gasteiger partial charge in [-0.2, -0.15) is 0 Å². The molecule has 2 amide bonds. The van der Waals surface area contributed by atoms with Crippen molar-refractivity contribution in [2.45, 2.75) is 6.10 Å². The molecule has 0 saturated carbocycles. The van der Waals surface area contributed by atoms with Gasteiger partial charge < -0.3 is 20.7 Å². The Kier molecular flexibility index (Phi) is 3.57. The molecule has 2 fully saturated rings. The van der Waals surface area contributed by atoms with Crippen LogP contribution in [-0.4, -0.2) is 44.4 Å². The molecule has 3 rings (SSSR count). The van der Waals surface area contributed by atoms with E-state index in [1.807, 2.05) is 0 Å². The van der Waals surface area contributed by atoms with Crippen molar-refractivity contribution in [1.29, 1.82) is 0 Å². The Morgan fingerprint density at radius 3 is 2.50 bits per heavy atom. The number of cyclic esters (lactones) is 1. The smallest absolute Gasteiger partial charge is 0.414 e. The maximum absolute atomic E-state index is 14.2. The number of nitrogens with zero attached hydrogens (tertiary/aromatic N) is 2. The third-order valence-electron chi connectivity index (χ3n) is 3.57. The molecule has 0 radical (unpaired) electrons. The number of carbonyl (C=O) groups excluding carboxylic acids is 2. The molecule has 0 aliphatic carbocycles. The van der Waals surface area contributed by atoms with Gasteiger partial charge in [0.05, 0.1) is 25.4 Å². The fourth-order valence-electron chi connectivity index (χ4n) is 2.49. The molecule has 1 aromatic carbocycles. The molecule has 3 N–H and O–H groups in total. The summed E-state index contributed by atoms with van der Waals surface area (Å²) in [5.41, 5.74) is 5.17. The first-order valence-corrected chi connectivity index (χ1v) is 6.68. The number of halogens is 2. The summed E-state index contributed by atoms with van der Waals surface area (Å²) in [6.45, 7) is 0.186. The van der Waals surface area contributed by atoms with Crippen LogP contribution in [0.25, 0.3) is 0 Å². The lowest BCUT2D eigenvalue weighted by atomic mass is 10.2. The molecular weight excluding hydrogens is 298 g/mol. The Morgan fingerprint density at radius 2 is 2.00 bits per heavy atom. The van der Waals surface area contributed by atoms with Gasteiger partial charge in [-0.3, -0.25) is 9.69 Å². The molecule has 1 atom stereocenters. The summed E-state index contributed by atoms with van der Waals surface area (Å²) in [5.74, 6) is -2.01. The predicted molar refractivity (Wildman–Crippen MR) is 73.4 cm³/mol. The van der Waals surface area contributed by atoms with E-state index < -0.39 is 23.8 Å². The zero-order valence-corrected chi connectivity index (χ0v) is 11.5. The number of rotatable bonds is 3. The van der Waals surface area contributed by atoms with Crippen LogP contribution in [0, 0.1) is 11.6 Å². The van der Waals surface area contributed by atoms with E-state index in [1.54, 1.807) is 0 Å². The topological polar surface area (TPSA) is 87.9 Å². The number of anilines is 2. The molecular formula is C13H14F2N4O3. The standard InChI is InChI=1S/C13H14F2N4O3/c14-9-1-7(19-4-8(3-16)22-13(19)21)2-10(15)12(9)18-5-11(20)17-6-18/h1-2,8H,3-6,16H2,(H,17,20)/t8-/m0/s1. The Labute approximate surface area is 124 Å². The van der Waals surface area contributed by atoms with Gasteiger partial charge in [-0.1, -0.05) is 0 Å². The lowest BCUT2D eigenvalue weighted by Crippen LogP contribution is -2.28. The van der Waals surface area contributed by atoms with E-state index in [4.69, 9.17) is 10.5 Å². The van der Waals surface area contributed by atoms with Crippen molar-refractivity contribution in [1.82, 2.24) is 5.32 Å². The number of carbonyl (C=O) groups is 2. The van der Waals surface area contributed by atoms with E-state index in [1.165, 1.54) is 4.90 Å². The van der Waals surface area contributed by atoms with E-state index in [0.29, 0.717) is 0 Å². The summed E-state index contributed by atoms with van der Waals surface area (Å²) in [4.78, 5) is 25.2. The lowest BCUT2D eigenvalue weighted by Gasteiger charge is -2.20. The molecule has 0 unspecified atom stereocenters. The highest BCUT2D eigenvalue weighted by atomic mass is 19.1. The van der Waals surface area contributed by atoms with Crippen molar-refractivity contribution >= 4 is 23.4 Å². The zero-order chi connectivity index (χ0) is 15.9. The van der Waals surface area contributed by atoms with Crippen molar-refractivity contribution in [2.24, 2.45) is 5.73 Å². The van der Waals surface area contributed by atoms with Crippen molar-refractivity contribution in [2.75, 3.05) is 36.1 Å². The Balaban J connectivity index is 1.89. The van der Waals surface area contributed by atoms with Gasteiger partial charge in [-0.15, -0.1) is 0 Å². The van der Waals surface area contributed by atoms with Crippen molar-refractivity contribution in [3.63, 3.8) is 0 Å². The zero-order valence-electron chi connectivity index (χ0n) is 11.5. The van der Waals surface area contributed by atoms with Gasteiger partial charge in [-0.05, 0) is 0 Å². The minimum atomic E-state index is -0.851. The molecule has 2 saturated heterocycles. The normalized spacial score (nSPS) is 21.3. The second kappa shape index (κ2) is 5.41. The molecule has 2 heterocycles.